The van der Waals surface area contributed by atoms with Crippen LogP contribution in [0.3, 0.4) is 0 Å². The summed E-state index contributed by atoms with van der Waals surface area (Å²) < 4.78 is 26.8. The van der Waals surface area contributed by atoms with Gasteiger partial charge in [-0.1, -0.05) is 0 Å². The second-order valence-corrected chi connectivity index (χ2v) is 5.28. The summed E-state index contributed by atoms with van der Waals surface area (Å²) in [5, 5.41) is 5.70. The molecule has 6 nitrogen and oxygen atoms in total. The Morgan fingerprint density at radius 1 is 1.54 bits per heavy atom. The molecule has 2 rings (SSSR count). The predicted molar refractivity (Wildman–Crippen MR) is 43.1 cm³/mol. The van der Waals surface area contributed by atoms with Gasteiger partial charge in [-0.05, 0) is 6.42 Å². The molecule has 1 N–H and O–H groups in total. The van der Waals surface area contributed by atoms with E-state index in [4.69, 9.17) is 0 Å². The van der Waals surface area contributed by atoms with E-state index in [0.717, 1.165) is 0 Å². The first-order valence-corrected chi connectivity index (χ1v) is 5.65. The molecule has 2 heterocycles. The van der Waals surface area contributed by atoms with Crippen LogP contribution < -0.4 is 5.76 Å². The Balaban J connectivity index is 2.26. The molecule has 0 amide bonds. The third kappa shape index (κ3) is 1.64. The Bertz CT molecular complexity index is 457. The van der Waals surface area contributed by atoms with Crippen LogP contribution in [0.25, 0.3) is 0 Å². The lowest BCUT2D eigenvalue weighted by atomic mass is 10.1. The Morgan fingerprint density at radius 3 is 2.77 bits per heavy atom. The number of hydrogen-bond acceptors (Lipinski definition) is 5. The van der Waals surface area contributed by atoms with Gasteiger partial charge in [-0.3, -0.25) is 0 Å². The molecule has 0 aromatic carbocycles. The molecule has 1 aromatic rings. The molecule has 0 aliphatic carbocycles. The topological polar surface area (TPSA) is 93.0 Å². The van der Waals surface area contributed by atoms with Crippen LogP contribution in [-0.4, -0.2) is 30.1 Å². The fourth-order valence-corrected chi connectivity index (χ4v) is 3.14. The summed E-state index contributed by atoms with van der Waals surface area (Å²) >= 11 is 0. The maximum Gasteiger partial charge on any atom is 0.434 e. The van der Waals surface area contributed by atoms with Gasteiger partial charge in [0.2, 0.25) is 5.89 Å². The maximum atomic E-state index is 11.1. The molecule has 1 aliphatic heterocycles. The van der Waals surface area contributed by atoms with E-state index in [1.807, 2.05) is 0 Å². The van der Waals surface area contributed by atoms with Crippen LogP contribution in [0.4, 0.5) is 0 Å². The normalized spacial score (nSPS) is 26.3. The van der Waals surface area contributed by atoms with E-state index in [2.05, 4.69) is 14.6 Å². The average molecular weight is 204 g/mol. The molecule has 0 bridgehead atoms. The highest BCUT2D eigenvalue weighted by Gasteiger charge is 2.32. The molecule has 1 fully saturated rings. The fourth-order valence-electron chi connectivity index (χ4n) is 1.41. The molecule has 72 valence electrons. The summed E-state index contributed by atoms with van der Waals surface area (Å²) in [6.45, 7) is 0. The van der Waals surface area contributed by atoms with Gasteiger partial charge in [0.25, 0.3) is 0 Å². The third-order valence-corrected chi connectivity index (χ3v) is 3.80. The second kappa shape index (κ2) is 2.69. The van der Waals surface area contributed by atoms with Crippen LogP contribution in [0.2, 0.25) is 0 Å². The van der Waals surface area contributed by atoms with Gasteiger partial charge < -0.3 is 4.42 Å². The van der Waals surface area contributed by atoms with Gasteiger partial charge in [-0.2, -0.15) is 0 Å². The monoisotopic (exact) mass is 204 g/mol. The molecular weight excluding hydrogens is 196 g/mol. The highest BCUT2D eigenvalue weighted by Crippen LogP contribution is 2.26. The van der Waals surface area contributed by atoms with Crippen molar-refractivity contribution in [1.29, 1.82) is 0 Å². The Kier molecular flexibility index (Phi) is 1.76. The Hall–Kier alpha value is -1.11. The SMILES string of the molecule is O=c1[nH]nc(C2CCS(=O)(=O)C2)o1. The molecule has 0 saturated carbocycles. The van der Waals surface area contributed by atoms with E-state index in [-0.39, 0.29) is 23.3 Å². The van der Waals surface area contributed by atoms with Gasteiger partial charge in [-0.25, -0.2) is 18.3 Å². The zero-order valence-electron chi connectivity index (χ0n) is 6.69. The summed E-state index contributed by atoms with van der Waals surface area (Å²) in [6.07, 6.45) is 0.482. The van der Waals surface area contributed by atoms with E-state index in [1.54, 1.807) is 0 Å². The van der Waals surface area contributed by atoms with Crippen LogP contribution >= 0.6 is 0 Å². The minimum Gasteiger partial charge on any atom is -0.392 e. The predicted octanol–water partition coefficient (Wildman–Crippen LogP) is -0.735. The van der Waals surface area contributed by atoms with Crippen molar-refractivity contribution in [3.63, 3.8) is 0 Å². The molecule has 1 atom stereocenters. The standard InChI is InChI=1S/C6H8N2O4S/c9-6-8-7-5(12-6)4-1-2-13(10,11)3-4/h4H,1-3H2,(H,8,9). The number of hydrogen-bond donors (Lipinski definition) is 1. The van der Waals surface area contributed by atoms with Crippen LogP contribution in [-0.2, 0) is 9.84 Å². The minimum atomic E-state index is -2.95. The van der Waals surface area contributed by atoms with Crippen molar-refractivity contribution in [3.05, 3.63) is 16.4 Å². The highest BCUT2D eigenvalue weighted by molar-refractivity contribution is 7.91. The number of H-pyrrole nitrogens is 1. The molecule has 0 radical (unpaired) electrons. The van der Waals surface area contributed by atoms with Gasteiger partial charge in [0.1, 0.15) is 0 Å². The van der Waals surface area contributed by atoms with E-state index in [0.29, 0.717) is 6.42 Å². The number of rotatable bonds is 1. The fraction of sp³-hybridized carbons (Fsp3) is 0.667. The van der Waals surface area contributed by atoms with Gasteiger partial charge >= 0.3 is 5.76 Å². The van der Waals surface area contributed by atoms with E-state index in [1.165, 1.54) is 0 Å². The first kappa shape index (κ1) is 8.49. The van der Waals surface area contributed by atoms with Crippen molar-refractivity contribution in [2.75, 3.05) is 11.5 Å². The minimum absolute atomic E-state index is 0.0286. The van der Waals surface area contributed by atoms with Crippen molar-refractivity contribution < 1.29 is 12.8 Å². The lowest BCUT2D eigenvalue weighted by Crippen LogP contribution is -2.04. The van der Waals surface area contributed by atoms with Gasteiger partial charge in [0.05, 0.1) is 17.4 Å². The van der Waals surface area contributed by atoms with Gasteiger partial charge in [0.15, 0.2) is 9.84 Å². The Morgan fingerprint density at radius 2 is 2.31 bits per heavy atom. The lowest BCUT2D eigenvalue weighted by Gasteiger charge is -1.97. The largest absolute Gasteiger partial charge is 0.434 e. The molecule has 1 aliphatic rings. The second-order valence-electron chi connectivity index (χ2n) is 3.05. The molecule has 1 aromatic heterocycles. The van der Waals surface area contributed by atoms with Gasteiger partial charge in [0, 0.05) is 0 Å². The number of sulfone groups is 1. The summed E-state index contributed by atoms with van der Waals surface area (Å²) in [5.41, 5.74) is 0. The number of aromatic amines is 1. The van der Waals surface area contributed by atoms with Crippen LogP contribution in [0.1, 0.15) is 18.2 Å². The van der Waals surface area contributed by atoms with Crippen molar-refractivity contribution in [2.45, 2.75) is 12.3 Å². The highest BCUT2D eigenvalue weighted by atomic mass is 32.2. The van der Waals surface area contributed by atoms with Crippen LogP contribution in [0, 0.1) is 0 Å². The first-order valence-electron chi connectivity index (χ1n) is 3.83. The molecule has 1 saturated heterocycles. The molecule has 13 heavy (non-hydrogen) atoms. The quantitative estimate of drug-likeness (QED) is 0.650. The van der Waals surface area contributed by atoms with E-state index in [9.17, 15) is 13.2 Å². The summed E-state index contributed by atoms with van der Waals surface area (Å²) in [5.74, 6) is -0.524. The molecular formula is C6H8N2O4S. The summed E-state index contributed by atoms with van der Waals surface area (Å²) in [6, 6.07) is 0. The summed E-state index contributed by atoms with van der Waals surface area (Å²) in [4.78, 5) is 10.6. The van der Waals surface area contributed by atoms with Crippen molar-refractivity contribution in [3.8, 4) is 0 Å². The van der Waals surface area contributed by atoms with Crippen LogP contribution in [0.5, 0.6) is 0 Å². The molecule has 0 spiro atoms. The van der Waals surface area contributed by atoms with Gasteiger partial charge in [-0.15, -0.1) is 5.10 Å². The van der Waals surface area contributed by atoms with E-state index >= 15 is 0 Å². The average Bonchev–Trinajstić information content (AvgIpc) is 2.56. The van der Waals surface area contributed by atoms with Crippen LogP contribution in [0.15, 0.2) is 9.21 Å². The number of aromatic nitrogens is 2. The number of nitrogens with one attached hydrogen (secondary N) is 1. The smallest absolute Gasteiger partial charge is 0.392 e. The zero-order valence-corrected chi connectivity index (χ0v) is 7.50. The summed E-state index contributed by atoms with van der Waals surface area (Å²) in [7, 11) is -2.95. The van der Waals surface area contributed by atoms with Crippen molar-refractivity contribution in [1.82, 2.24) is 10.2 Å². The number of nitrogens with zero attached hydrogens (tertiary/aromatic N) is 1. The van der Waals surface area contributed by atoms with E-state index < -0.39 is 15.6 Å². The first-order chi connectivity index (χ1) is 6.07. The molecule has 1 unspecified atom stereocenters. The van der Waals surface area contributed by atoms with Crippen molar-refractivity contribution >= 4 is 9.84 Å². The maximum absolute atomic E-state index is 11.1. The molecule has 7 heteroatoms. The Labute approximate surface area is 73.9 Å². The van der Waals surface area contributed by atoms with Crippen molar-refractivity contribution in [2.24, 2.45) is 0 Å². The third-order valence-electron chi connectivity index (χ3n) is 2.04. The lowest BCUT2D eigenvalue weighted by molar-refractivity contribution is 0.435. The zero-order chi connectivity index (χ0) is 9.47.